The summed E-state index contributed by atoms with van der Waals surface area (Å²) >= 11 is 6.62. The monoisotopic (exact) mass is 533 g/mol. The van der Waals surface area contributed by atoms with Crippen molar-refractivity contribution < 1.29 is 15.0 Å². The molecular formula is C29H32ClN5O3. The van der Waals surface area contributed by atoms with Crippen LogP contribution in [0.15, 0.2) is 42.6 Å². The van der Waals surface area contributed by atoms with Gasteiger partial charge in [0.25, 0.3) is 0 Å². The van der Waals surface area contributed by atoms with Crippen molar-refractivity contribution in [1.29, 1.82) is 0 Å². The number of aromatic nitrogens is 2. The van der Waals surface area contributed by atoms with Gasteiger partial charge in [-0.3, -0.25) is 4.79 Å². The Balaban J connectivity index is 1.34. The lowest BCUT2D eigenvalue weighted by atomic mass is 9.74. The number of fused-ring (bicyclic) bond motifs is 2. The van der Waals surface area contributed by atoms with Crippen molar-refractivity contribution in [3.8, 4) is 0 Å². The fourth-order valence-electron chi connectivity index (χ4n) is 6.30. The number of carboxylic acids is 1. The van der Waals surface area contributed by atoms with Gasteiger partial charge in [0.15, 0.2) is 5.82 Å². The molecule has 3 heterocycles. The van der Waals surface area contributed by atoms with Gasteiger partial charge < -0.3 is 25.3 Å². The van der Waals surface area contributed by atoms with Crippen molar-refractivity contribution >= 4 is 40.7 Å². The Hall–Kier alpha value is -3.20. The van der Waals surface area contributed by atoms with E-state index in [1.165, 1.54) is 16.7 Å². The Kier molecular flexibility index (Phi) is 6.29. The molecule has 198 valence electrons. The van der Waals surface area contributed by atoms with Gasteiger partial charge in [-0.15, -0.1) is 0 Å². The number of hydrogen-bond acceptors (Lipinski definition) is 7. The van der Waals surface area contributed by atoms with Gasteiger partial charge in [0.1, 0.15) is 5.02 Å². The fourth-order valence-corrected chi connectivity index (χ4v) is 6.50. The minimum Gasteiger partial charge on any atom is -0.481 e. The third-order valence-corrected chi connectivity index (χ3v) is 8.51. The normalized spacial score (nSPS) is 24.5. The summed E-state index contributed by atoms with van der Waals surface area (Å²) < 4.78 is 0. The van der Waals surface area contributed by atoms with Crippen LogP contribution in [-0.2, 0) is 23.2 Å². The largest absolute Gasteiger partial charge is 0.481 e. The van der Waals surface area contributed by atoms with Crippen LogP contribution < -0.4 is 10.2 Å². The number of hydrogen-bond donors (Lipinski definition) is 3. The number of benzene rings is 2. The number of carbonyl (C=O) groups is 1. The number of nitrogens with one attached hydrogen (secondary N) is 1. The van der Waals surface area contributed by atoms with Crippen molar-refractivity contribution in [3.63, 3.8) is 0 Å². The van der Waals surface area contributed by atoms with Gasteiger partial charge in [0, 0.05) is 36.4 Å². The van der Waals surface area contributed by atoms with Gasteiger partial charge in [-0.2, -0.15) is 4.98 Å². The lowest BCUT2D eigenvalue weighted by Crippen LogP contribution is -2.31. The molecule has 0 amide bonds. The Bertz CT molecular complexity index is 1410. The molecule has 3 aromatic rings. The summed E-state index contributed by atoms with van der Waals surface area (Å²) in [5.41, 5.74) is 6.25. The first-order valence-electron chi connectivity index (χ1n) is 13.1. The number of anilines is 4. The Morgan fingerprint density at radius 3 is 2.82 bits per heavy atom. The van der Waals surface area contributed by atoms with Gasteiger partial charge in [-0.1, -0.05) is 36.7 Å². The third-order valence-electron chi connectivity index (χ3n) is 8.24. The molecule has 1 aromatic heterocycles. The first kappa shape index (κ1) is 25.1. The van der Waals surface area contributed by atoms with E-state index in [4.69, 9.17) is 16.6 Å². The first-order chi connectivity index (χ1) is 18.2. The highest BCUT2D eigenvalue weighted by atomic mass is 35.5. The Morgan fingerprint density at radius 1 is 1.26 bits per heavy atom. The molecule has 1 atom stereocenters. The summed E-state index contributed by atoms with van der Waals surface area (Å²) in [6, 6.07) is 12.2. The summed E-state index contributed by atoms with van der Waals surface area (Å²) in [5.74, 6) is 0.509. The molecule has 3 aliphatic rings. The maximum Gasteiger partial charge on any atom is 0.304 e. The van der Waals surface area contributed by atoms with Crippen LogP contribution in [0.25, 0.3) is 0 Å². The lowest BCUT2D eigenvalue weighted by molar-refractivity contribution is -0.138. The topological polar surface area (TPSA) is 102 Å². The number of aliphatic carboxylic acids is 1. The number of para-hydroxylation sites is 1. The van der Waals surface area contributed by atoms with Crippen molar-refractivity contribution in [2.45, 2.75) is 56.6 Å². The van der Waals surface area contributed by atoms with E-state index in [1.807, 2.05) is 36.1 Å². The molecule has 0 saturated heterocycles. The second-order valence-corrected chi connectivity index (χ2v) is 11.6. The van der Waals surface area contributed by atoms with Crippen LogP contribution in [0.1, 0.15) is 54.4 Å². The van der Waals surface area contributed by atoms with Crippen LogP contribution in [0.3, 0.4) is 0 Å². The maximum absolute atomic E-state index is 11.7. The first-order valence-corrected chi connectivity index (χ1v) is 13.5. The standard InChI is InChI=1S/C29H32ClN5O3/c1-29(13-26(37)38)16-35(25-6-4-3-5-23(25)29)27-24(30)14-31-28(33-27)32-19-9-18-15-34(2)8-7-21(18)22(12-19)17-10-20(36)11-17/h3-6,9,12,14,17,20,36H,7-8,10-11,13,15-16H2,1-2H3,(H,37,38)(H,31,32,33). The predicted octanol–water partition coefficient (Wildman–Crippen LogP) is 4.98. The minimum absolute atomic E-state index is 0.0105. The molecule has 38 heavy (non-hydrogen) atoms. The average Bonchev–Trinajstić information content (AvgIpc) is 3.14. The highest BCUT2D eigenvalue weighted by molar-refractivity contribution is 6.33. The van der Waals surface area contributed by atoms with Gasteiger partial charge in [-0.05, 0) is 72.7 Å². The predicted molar refractivity (Wildman–Crippen MR) is 148 cm³/mol. The van der Waals surface area contributed by atoms with E-state index in [0.29, 0.717) is 29.3 Å². The van der Waals surface area contributed by atoms with E-state index in [2.05, 4.69) is 34.4 Å². The molecule has 1 saturated carbocycles. The summed E-state index contributed by atoms with van der Waals surface area (Å²) in [6.45, 7) is 4.34. The van der Waals surface area contributed by atoms with Gasteiger partial charge in [0.2, 0.25) is 5.95 Å². The van der Waals surface area contributed by atoms with E-state index in [1.54, 1.807) is 6.20 Å². The van der Waals surface area contributed by atoms with Crippen molar-refractivity contribution in [1.82, 2.24) is 14.9 Å². The summed E-state index contributed by atoms with van der Waals surface area (Å²) in [7, 11) is 2.14. The van der Waals surface area contributed by atoms with E-state index < -0.39 is 11.4 Å². The molecule has 1 aliphatic carbocycles. The minimum atomic E-state index is -0.840. The fraction of sp³-hybridized carbons (Fsp3) is 0.414. The summed E-state index contributed by atoms with van der Waals surface area (Å²) in [5, 5.41) is 23.4. The van der Waals surface area contributed by atoms with Crippen LogP contribution in [-0.4, -0.2) is 57.3 Å². The Morgan fingerprint density at radius 2 is 2.05 bits per heavy atom. The van der Waals surface area contributed by atoms with Crippen molar-refractivity contribution in [2.24, 2.45) is 0 Å². The number of rotatable bonds is 6. The molecule has 9 heteroatoms. The zero-order valence-electron chi connectivity index (χ0n) is 21.6. The second kappa shape index (κ2) is 9.52. The van der Waals surface area contributed by atoms with Gasteiger partial charge >= 0.3 is 5.97 Å². The smallest absolute Gasteiger partial charge is 0.304 e. The number of halogens is 1. The second-order valence-electron chi connectivity index (χ2n) is 11.2. The van der Waals surface area contributed by atoms with Crippen LogP contribution in [0.5, 0.6) is 0 Å². The third kappa shape index (κ3) is 4.51. The van der Waals surface area contributed by atoms with Crippen LogP contribution in [0.2, 0.25) is 5.02 Å². The molecule has 2 aliphatic heterocycles. The number of nitrogens with zero attached hydrogens (tertiary/aromatic N) is 4. The van der Waals surface area contributed by atoms with Crippen molar-refractivity contribution in [3.05, 3.63) is 69.9 Å². The number of carboxylic acid groups (broad SMARTS) is 1. The van der Waals surface area contributed by atoms with Crippen LogP contribution in [0, 0.1) is 0 Å². The zero-order valence-corrected chi connectivity index (χ0v) is 22.4. The van der Waals surface area contributed by atoms with E-state index in [0.717, 1.165) is 49.3 Å². The molecule has 3 N–H and O–H groups in total. The molecule has 0 spiro atoms. The molecule has 0 bridgehead atoms. The molecule has 1 unspecified atom stereocenters. The lowest BCUT2D eigenvalue weighted by Gasteiger charge is -2.36. The molecule has 8 nitrogen and oxygen atoms in total. The maximum atomic E-state index is 11.7. The van der Waals surface area contributed by atoms with E-state index >= 15 is 0 Å². The zero-order chi connectivity index (χ0) is 26.6. The number of aliphatic hydroxyl groups excluding tert-OH is 1. The number of likely N-dealkylation sites (N-methyl/N-ethyl adjacent to an activating group) is 1. The van der Waals surface area contributed by atoms with Gasteiger partial charge in [-0.25, -0.2) is 4.98 Å². The molecule has 2 aromatic carbocycles. The molecular weight excluding hydrogens is 502 g/mol. The average molecular weight is 534 g/mol. The van der Waals surface area contributed by atoms with E-state index in [9.17, 15) is 15.0 Å². The SMILES string of the molecule is CN1CCc2c(cc(Nc3ncc(Cl)c(N4CC(C)(CC(=O)O)c5ccccc54)n3)cc2C2CC(O)C2)C1. The highest BCUT2D eigenvalue weighted by Crippen LogP contribution is 2.47. The van der Waals surface area contributed by atoms with Crippen molar-refractivity contribution in [2.75, 3.05) is 30.4 Å². The molecule has 1 fully saturated rings. The molecule has 6 rings (SSSR count). The quantitative estimate of drug-likeness (QED) is 0.407. The highest BCUT2D eigenvalue weighted by Gasteiger charge is 2.42. The van der Waals surface area contributed by atoms with Crippen LogP contribution in [0.4, 0.5) is 23.1 Å². The molecule has 0 radical (unpaired) electrons. The van der Waals surface area contributed by atoms with Crippen LogP contribution >= 0.6 is 11.6 Å². The number of aliphatic hydroxyl groups is 1. The van der Waals surface area contributed by atoms with Gasteiger partial charge in [0.05, 0.1) is 18.7 Å². The van der Waals surface area contributed by atoms with E-state index in [-0.39, 0.29) is 12.5 Å². The summed E-state index contributed by atoms with van der Waals surface area (Å²) in [4.78, 5) is 25.3. The Labute approximate surface area is 227 Å². The summed E-state index contributed by atoms with van der Waals surface area (Å²) in [6.07, 6.45) is 4.01.